The molecule has 0 unspecified atom stereocenters. The van der Waals surface area contributed by atoms with Crippen molar-refractivity contribution in [3.63, 3.8) is 0 Å². The number of ether oxygens (including phenoxy) is 1. The van der Waals surface area contributed by atoms with Crippen LogP contribution in [0.2, 0.25) is 0 Å². The second kappa shape index (κ2) is 11.5. The SMILES string of the molecule is Cc1ccc(-c2onc(C)c2CSC[C@H]2O[C@@H](n3cc(C#Cc4cncnc4)c4c(N)ncnc43)[C@H](O)[C@@H]2O)cc1C. The summed E-state index contributed by atoms with van der Waals surface area (Å²) in [6, 6.07) is 6.20. The molecule has 1 aliphatic heterocycles. The number of nitrogen functional groups attached to an aromatic ring is 1. The molecule has 214 valence electrons. The van der Waals surface area contributed by atoms with Gasteiger partial charge in [-0.25, -0.2) is 19.9 Å². The van der Waals surface area contributed by atoms with Gasteiger partial charge in [-0.1, -0.05) is 29.1 Å². The first kappa shape index (κ1) is 27.9. The van der Waals surface area contributed by atoms with Gasteiger partial charge in [0.1, 0.15) is 36.3 Å². The Morgan fingerprint density at radius 1 is 1.02 bits per heavy atom. The normalized spacial score (nSPS) is 20.1. The number of anilines is 1. The van der Waals surface area contributed by atoms with Gasteiger partial charge in [-0.2, -0.15) is 11.8 Å². The summed E-state index contributed by atoms with van der Waals surface area (Å²) >= 11 is 1.57. The van der Waals surface area contributed by atoms with E-state index in [1.807, 2.05) is 13.0 Å². The second-order valence-electron chi connectivity index (χ2n) is 10.2. The molecule has 4 N–H and O–H groups in total. The summed E-state index contributed by atoms with van der Waals surface area (Å²) in [5, 5.41) is 26.7. The number of aliphatic hydroxyl groups excluding tert-OH is 2. The Bertz CT molecular complexity index is 1810. The lowest BCUT2D eigenvalue weighted by Crippen LogP contribution is -2.32. The largest absolute Gasteiger partial charge is 0.387 e. The summed E-state index contributed by atoms with van der Waals surface area (Å²) in [4.78, 5) is 16.5. The van der Waals surface area contributed by atoms with E-state index in [0.29, 0.717) is 33.7 Å². The number of aliphatic hydroxyl groups is 2. The highest BCUT2D eigenvalue weighted by Gasteiger charge is 2.44. The zero-order valence-corrected chi connectivity index (χ0v) is 24.0. The number of aryl methyl sites for hydroxylation is 3. The average Bonchev–Trinajstić information content (AvgIpc) is 3.64. The Hall–Kier alpha value is -4.28. The van der Waals surface area contributed by atoms with E-state index in [-0.39, 0.29) is 5.82 Å². The summed E-state index contributed by atoms with van der Waals surface area (Å²) in [5.41, 5.74) is 13.0. The molecule has 5 aromatic rings. The van der Waals surface area contributed by atoms with Gasteiger partial charge in [0.05, 0.1) is 28.3 Å². The number of benzene rings is 1. The molecule has 11 nitrogen and oxygen atoms in total. The van der Waals surface area contributed by atoms with Gasteiger partial charge in [-0.3, -0.25) is 0 Å². The van der Waals surface area contributed by atoms with Crippen molar-refractivity contribution >= 4 is 28.6 Å². The highest BCUT2D eigenvalue weighted by molar-refractivity contribution is 7.98. The Labute approximate surface area is 246 Å². The predicted molar refractivity (Wildman–Crippen MR) is 158 cm³/mol. The van der Waals surface area contributed by atoms with Gasteiger partial charge in [0.15, 0.2) is 12.0 Å². The monoisotopic (exact) mass is 583 g/mol. The molecular weight excluding hydrogens is 554 g/mol. The fourth-order valence-electron chi connectivity index (χ4n) is 4.94. The van der Waals surface area contributed by atoms with Crippen LogP contribution in [-0.2, 0) is 10.5 Å². The molecule has 42 heavy (non-hydrogen) atoms. The first-order chi connectivity index (χ1) is 20.3. The molecule has 0 radical (unpaired) electrons. The van der Waals surface area contributed by atoms with Gasteiger partial charge in [0.25, 0.3) is 0 Å². The van der Waals surface area contributed by atoms with E-state index in [2.05, 4.69) is 62.9 Å². The molecule has 4 atom stereocenters. The topological polar surface area (TPSA) is 158 Å². The van der Waals surface area contributed by atoms with Gasteiger partial charge in [-0.15, -0.1) is 0 Å². The molecule has 12 heteroatoms. The highest BCUT2D eigenvalue weighted by Crippen LogP contribution is 2.37. The number of aromatic nitrogens is 6. The molecule has 0 bridgehead atoms. The van der Waals surface area contributed by atoms with E-state index >= 15 is 0 Å². The third-order valence-corrected chi connectivity index (χ3v) is 8.49. The van der Waals surface area contributed by atoms with Crippen LogP contribution in [0.3, 0.4) is 0 Å². The number of fused-ring (bicyclic) bond motifs is 1. The average molecular weight is 584 g/mol. The standard InChI is InChI=1S/C30H29N7O4S/c1-16-4-6-20(8-17(16)2)27-22(18(3)36-41-27)12-42-13-23-25(38)26(39)30(40-23)37-11-21(7-5-19-9-32-14-33-10-19)24-28(31)34-15-35-29(24)37/h4,6,8-11,14-15,23,25-26,30,38-39H,12-13H2,1-3H3,(H2,31,34,35)/t23-,25-,26-,30-/m1/s1. The van der Waals surface area contributed by atoms with E-state index in [4.69, 9.17) is 15.0 Å². The number of thioether (sulfide) groups is 1. The van der Waals surface area contributed by atoms with Crippen LogP contribution < -0.4 is 5.73 Å². The first-order valence-electron chi connectivity index (χ1n) is 13.3. The van der Waals surface area contributed by atoms with Crippen LogP contribution in [0, 0.1) is 32.6 Å². The Kier molecular flexibility index (Phi) is 7.66. The molecule has 1 fully saturated rings. The van der Waals surface area contributed by atoms with Crippen molar-refractivity contribution in [1.82, 2.24) is 29.7 Å². The van der Waals surface area contributed by atoms with Crippen molar-refractivity contribution in [2.24, 2.45) is 0 Å². The number of rotatable bonds is 6. The van der Waals surface area contributed by atoms with Crippen molar-refractivity contribution in [3.8, 4) is 23.2 Å². The second-order valence-corrected chi connectivity index (χ2v) is 11.3. The van der Waals surface area contributed by atoms with Crippen molar-refractivity contribution in [2.45, 2.75) is 51.1 Å². The number of nitrogens with two attached hydrogens (primary N) is 1. The van der Waals surface area contributed by atoms with Crippen molar-refractivity contribution < 1.29 is 19.5 Å². The minimum atomic E-state index is -1.20. The summed E-state index contributed by atoms with van der Waals surface area (Å²) in [7, 11) is 0. The predicted octanol–water partition coefficient (Wildman–Crippen LogP) is 3.34. The molecule has 1 aromatic carbocycles. The molecule has 1 aliphatic rings. The third-order valence-electron chi connectivity index (χ3n) is 7.43. The zero-order valence-electron chi connectivity index (χ0n) is 23.2. The third kappa shape index (κ3) is 5.23. The molecular formula is C30H29N7O4S. The molecule has 0 spiro atoms. The van der Waals surface area contributed by atoms with Crippen molar-refractivity contribution in [1.29, 1.82) is 0 Å². The maximum absolute atomic E-state index is 11.0. The van der Waals surface area contributed by atoms with Gasteiger partial charge < -0.3 is 29.8 Å². The summed E-state index contributed by atoms with van der Waals surface area (Å²) in [6.07, 6.45) is 3.84. The maximum atomic E-state index is 11.0. The van der Waals surface area contributed by atoms with Crippen LogP contribution in [0.25, 0.3) is 22.4 Å². The molecule has 5 heterocycles. The van der Waals surface area contributed by atoms with E-state index in [1.165, 1.54) is 23.8 Å². The quantitative estimate of drug-likeness (QED) is 0.252. The summed E-state index contributed by atoms with van der Waals surface area (Å²) < 4.78 is 13.6. The smallest absolute Gasteiger partial charge is 0.171 e. The van der Waals surface area contributed by atoms with E-state index < -0.39 is 24.5 Å². The van der Waals surface area contributed by atoms with E-state index in [1.54, 1.807) is 34.9 Å². The minimum Gasteiger partial charge on any atom is -0.387 e. The lowest BCUT2D eigenvalue weighted by molar-refractivity contribution is -0.0285. The Balaban J connectivity index is 1.21. The maximum Gasteiger partial charge on any atom is 0.171 e. The Morgan fingerprint density at radius 2 is 1.83 bits per heavy atom. The van der Waals surface area contributed by atoms with Gasteiger partial charge in [0.2, 0.25) is 0 Å². The fraction of sp³-hybridized carbons (Fsp3) is 0.300. The van der Waals surface area contributed by atoms with Crippen LogP contribution in [0.15, 0.2) is 54.0 Å². The number of hydrogen-bond donors (Lipinski definition) is 3. The van der Waals surface area contributed by atoms with Crippen molar-refractivity contribution in [2.75, 3.05) is 11.5 Å². The molecule has 1 saturated heterocycles. The number of nitrogens with zero attached hydrogens (tertiary/aromatic N) is 6. The van der Waals surface area contributed by atoms with Gasteiger partial charge >= 0.3 is 0 Å². The van der Waals surface area contributed by atoms with Crippen LogP contribution in [-0.4, -0.2) is 63.9 Å². The molecule has 0 amide bonds. The molecule has 4 aromatic heterocycles. The van der Waals surface area contributed by atoms with Crippen LogP contribution >= 0.6 is 11.8 Å². The lowest BCUT2D eigenvalue weighted by atomic mass is 10.0. The summed E-state index contributed by atoms with van der Waals surface area (Å²) in [5.74, 6) is 8.11. The summed E-state index contributed by atoms with van der Waals surface area (Å²) in [6.45, 7) is 6.06. The van der Waals surface area contributed by atoms with Gasteiger partial charge in [0, 0.05) is 41.2 Å². The highest BCUT2D eigenvalue weighted by atomic mass is 32.2. The minimum absolute atomic E-state index is 0.246. The fourth-order valence-corrected chi connectivity index (χ4v) is 6.11. The molecule has 0 aliphatic carbocycles. The van der Waals surface area contributed by atoms with Crippen LogP contribution in [0.4, 0.5) is 5.82 Å². The van der Waals surface area contributed by atoms with Crippen LogP contribution in [0.1, 0.15) is 39.7 Å². The van der Waals surface area contributed by atoms with Crippen LogP contribution in [0.5, 0.6) is 0 Å². The number of hydrogen-bond acceptors (Lipinski definition) is 11. The van der Waals surface area contributed by atoms with E-state index in [0.717, 1.165) is 22.6 Å². The first-order valence-corrected chi connectivity index (χ1v) is 14.5. The Morgan fingerprint density at radius 3 is 2.62 bits per heavy atom. The van der Waals surface area contributed by atoms with Gasteiger partial charge in [-0.05, 0) is 38.0 Å². The van der Waals surface area contributed by atoms with Crippen molar-refractivity contribution in [3.05, 3.63) is 83.0 Å². The molecule has 0 saturated carbocycles. The molecule has 6 rings (SSSR count). The zero-order chi connectivity index (χ0) is 29.4. The van der Waals surface area contributed by atoms with E-state index in [9.17, 15) is 10.2 Å². The lowest BCUT2D eigenvalue weighted by Gasteiger charge is -2.17.